The molecule has 2 fully saturated rings. The zero-order valence-corrected chi connectivity index (χ0v) is 14.2. The topological polar surface area (TPSA) is 113 Å². The van der Waals surface area contributed by atoms with Crippen LogP contribution in [-0.4, -0.2) is 77.9 Å². The van der Waals surface area contributed by atoms with Crippen molar-refractivity contribution in [2.75, 3.05) is 26.4 Å². The molecule has 1 N–H and O–H groups in total. The molecule has 0 aliphatic carbocycles. The third-order valence-corrected chi connectivity index (χ3v) is 5.86. The second-order valence-corrected chi connectivity index (χ2v) is 7.97. The number of fused-ring (bicyclic) bond motifs is 1. The molecule has 0 bridgehead atoms. The zero-order valence-electron chi connectivity index (χ0n) is 13.4. The summed E-state index contributed by atoms with van der Waals surface area (Å²) >= 11 is 0. The lowest BCUT2D eigenvalue weighted by molar-refractivity contribution is -0.124. The molecular formula is C14H19N5O4S. The number of aromatic nitrogens is 2. The quantitative estimate of drug-likeness (QED) is 0.722. The van der Waals surface area contributed by atoms with Crippen LogP contribution in [0.25, 0.3) is 0 Å². The average Bonchev–Trinajstić information content (AvgIpc) is 3.10. The van der Waals surface area contributed by atoms with Crippen LogP contribution in [-0.2, 0) is 14.8 Å². The van der Waals surface area contributed by atoms with E-state index < -0.39 is 16.1 Å². The van der Waals surface area contributed by atoms with Gasteiger partial charge in [-0.2, -0.15) is 4.31 Å². The van der Waals surface area contributed by atoms with E-state index in [1.807, 2.05) is 0 Å². The second kappa shape index (κ2) is 6.10. The van der Waals surface area contributed by atoms with Gasteiger partial charge >= 0.3 is 0 Å². The molecule has 1 aromatic heterocycles. The van der Waals surface area contributed by atoms with E-state index >= 15 is 0 Å². The molecule has 0 aromatic carbocycles. The van der Waals surface area contributed by atoms with Crippen molar-refractivity contribution in [3.8, 4) is 0 Å². The minimum atomic E-state index is -3.57. The summed E-state index contributed by atoms with van der Waals surface area (Å²) < 4.78 is 25.6. The molecule has 3 atom stereocenters. The van der Waals surface area contributed by atoms with E-state index in [9.17, 15) is 18.0 Å². The van der Waals surface area contributed by atoms with Gasteiger partial charge in [0.05, 0.1) is 12.5 Å². The van der Waals surface area contributed by atoms with Crippen LogP contribution in [0.2, 0.25) is 0 Å². The monoisotopic (exact) mass is 353 g/mol. The van der Waals surface area contributed by atoms with E-state index in [0.29, 0.717) is 13.0 Å². The molecule has 10 heteroatoms. The fourth-order valence-corrected chi connectivity index (χ4v) is 4.97. The number of hydrogen-bond acceptors (Lipinski definition) is 6. The highest BCUT2D eigenvalue weighted by molar-refractivity contribution is 7.88. The minimum absolute atomic E-state index is 0.0670. The predicted molar refractivity (Wildman–Crippen MR) is 84.4 cm³/mol. The fraction of sp³-hybridized carbons (Fsp3) is 0.571. The van der Waals surface area contributed by atoms with Crippen molar-refractivity contribution < 1.29 is 18.0 Å². The smallest absolute Gasteiger partial charge is 0.274 e. The molecule has 2 aliphatic rings. The number of nitrogens with one attached hydrogen (secondary N) is 1. The lowest BCUT2D eigenvalue weighted by Gasteiger charge is -2.27. The number of carbonyl (C=O) groups excluding carboxylic acids is 2. The molecular weight excluding hydrogens is 334 g/mol. The van der Waals surface area contributed by atoms with Gasteiger partial charge < -0.3 is 10.2 Å². The Hall–Kier alpha value is -2.07. The predicted octanol–water partition coefficient (Wildman–Crippen LogP) is -1.30. The number of likely N-dealkylation sites (N-methyl/N-ethyl adjacent to an activating group) is 1. The highest BCUT2D eigenvalue weighted by atomic mass is 32.2. The second-order valence-electron chi connectivity index (χ2n) is 6.09. The lowest BCUT2D eigenvalue weighted by Crippen LogP contribution is -2.49. The number of carbonyl (C=O) groups is 2. The van der Waals surface area contributed by atoms with E-state index in [4.69, 9.17) is 0 Å². The summed E-state index contributed by atoms with van der Waals surface area (Å²) in [6.45, 7) is 0.653. The molecule has 0 unspecified atom stereocenters. The molecule has 0 saturated carbocycles. The molecule has 9 nitrogen and oxygen atoms in total. The van der Waals surface area contributed by atoms with Gasteiger partial charge in [-0.05, 0) is 12.3 Å². The van der Waals surface area contributed by atoms with Crippen molar-refractivity contribution in [2.45, 2.75) is 18.5 Å². The summed E-state index contributed by atoms with van der Waals surface area (Å²) in [7, 11) is -2.08. The van der Waals surface area contributed by atoms with Crippen LogP contribution in [0.1, 0.15) is 16.9 Å². The van der Waals surface area contributed by atoms with Crippen LogP contribution in [0, 0.1) is 5.92 Å². The van der Waals surface area contributed by atoms with Gasteiger partial charge in [-0.15, -0.1) is 0 Å². The molecule has 0 radical (unpaired) electrons. The summed E-state index contributed by atoms with van der Waals surface area (Å²) in [5.74, 6) is -0.660. The van der Waals surface area contributed by atoms with Gasteiger partial charge in [-0.25, -0.2) is 13.4 Å². The summed E-state index contributed by atoms with van der Waals surface area (Å²) in [6.07, 6.45) is 5.81. The third-order valence-electron chi connectivity index (χ3n) is 4.57. The standard InChI is InChI=1S/C14H19N5O4S/c1-15-13(20)11-5-9-7-18(8-12(9)19(11)24(2,22)23)14(21)10-6-16-3-4-17-10/h3-4,6,9,11-12H,5,7-8H2,1-2H3,(H,15,20)/t9-,11-,12+/m1/s1. The first-order chi connectivity index (χ1) is 11.3. The number of sulfonamides is 1. The molecule has 2 amide bonds. The van der Waals surface area contributed by atoms with Gasteiger partial charge in [0.2, 0.25) is 15.9 Å². The van der Waals surface area contributed by atoms with Crippen LogP contribution in [0.15, 0.2) is 18.6 Å². The van der Waals surface area contributed by atoms with Crippen LogP contribution < -0.4 is 5.32 Å². The highest BCUT2D eigenvalue weighted by Crippen LogP contribution is 2.37. The van der Waals surface area contributed by atoms with Gasteiger partial charge in [0.25, 0.3) is 5.91 Å². The van der Waals surface area contributed by atoms with Crippen molar-refractivity contribution in [3.05, 3.63) is 24.3 Å². The SMILES string of the molecule is CNC(=O)[C@H]1C[C@@H]2CN(C(=O)c3cnccn3)C[C@@H]2N1S(C)(=O)=O. The van der Waals surface area contributed by atoms with Crippen LogP contribution in [0.5, 0.6) is 0 Å². The summed E-state index contributed by atoms with van der Waals surface area (Å²) in [4.78, 5) is 34.0. The Balaban J connectivity index is 1.82. The van der Waals surface area contributed by atoms with E-state index in [0.717, 1.165) is 6.26 Å². The van der Waals surface area contributed by atoms with Gasteiger partial charge in [-0.1, -0.05) is 0 Å². The number of rotatable bonds is 3. The Bertz CT molecular complexity index is 754. The summed E-state index contributed by atoms with van der Waals surface area (Å²) in [5.41, 5.74) is 0.228. The van der Waals surface area contributed by atoms with Crippen LogP contribution in [0.3, 0.4) is 0 Å². The van der Waals surface area contributed by atoms with Gasteiger partial charge in [0.1, 0.15) is 11.7 Å². The van der Waals surface area contributed by atoms with Gasteiger partial charge in [0.15, 0.2) is 0 Å². The Labute approximate surface area is 140 Å². The summed E-state index contributed by atoms with van der Waals surface area (Å²) in [6, 6.07) is -1.10. The normalized spacial score (nSPS) is 27.1. The molecule has 0 spiro atoms. The Kier molecular flexibility index (Phi) is 4.26. The number of amides is 2. The molecule has 3 heterocycles. The van der Waals surface area contributed by atoms with E-state index in [2.05, 4.69) is 15.3 Å². The molecule has 2 saturated heterocycles. The van der Waals surface area contributed by atoms with Crippen molar-refractivity contribution in [3.63, 3.8) is 0 Å². The maximum Gasteiger partial charge on any atom is 0.274 e. The minimum Gasteiger partial charge on any atom is -0.358 e. The number of likely N-dealkylation sites (tertiary alicyclic amines) is 1. The molecule has 130 valence electrons. The summed E-state index contributed by atoms with van der Waals surface area (Å²) in [5, 5.41) is 2.51. The average molecular weight is 353 g/mol. The van der Waals surface area contributed by atoms with E-state index in [1.54, 1.807) is 4.90 Å². The maximum atomic E-state index is 12.5. The molecule has 3 rings (SSSR count). The first-order valence-electron chi connectivity index (χ1n) is 7.58. The van der Waals surface area contributed by atoms with Crippen LogP contribution in [0.4, 0.5) is 0 Å². The van der Waals surface area contributed by atoms with Crippen molar-refractivity contribution in [2.24, 2.45) is 5.92 Å². The van der Waals surface area contributed by atoms with Gasteiger partial charge in [-0.3, -0.25) is 14.6 Å². The first kappa shape index (κ1) is 16.8. The number of hydrogen-bond donors (Lipinski definition) is 1. The Morgan fingerprint density at radius 2 is 2.04 bits per heavy atom. The molecule has 1 aromatic rings. The van der Waals surface area contributed by atoms with Crippen molar-refractivity contribution >= 4 is 21.8 Å². The lowest BCUT2D eigenvalue weighted by atomic mass is 10.0. The van der Waals surface area contributed by atoms with Crippen molar-refractivity contribution in [1.82, 2.24) is 24.5 Å². The Morgan fingerprint density at radius 1 is 1.29 bits per heavy atom. The highest BCUT2D eigenvalue weighted by Gasteiger charge is 2.53. The molecule has 2 aliphatic heterocycles. The van der Waals surface area contributed by atoms with E-state index in [-0.39, 0.29) is 36.0 Å². The zero-order chi connectivity index (χ0) is 17.5. The van der Waals surface area contributed by atoms with Crippen LogP contribution >= 0.6 is 0 Å². The van der Waals surface area contributed by atoms with Gasteiger partial charge in [0, 0.05) is 38.6 Å². The largest absolute Gasteiger partial charge is 0.358 e. The first-order valence-corrected chi connectivity index (χ1v) is 9.43. The molecule has 24 heavy (non-hydrogen) atoms. The maximum absolute atomic E-state index is 12.5. The van der Waals surface area contributed by atoms with Crippen molar-refractivity contribution in [1.29, 1.82) is 0 Å². The Morgan fingerprint density at radius 3 is 2.62 bits per heavy atom. The number of nitrogens with zero attached hydrogens (tertiary/aromatic N) is 4. The van der Waals surface area contributed by atoms with E-state index in [1.165, 1.54) is 29.9 Å². The fourth-order valence-electron chi connectivity index (χ4n) is 3.60. The third kappa shape index (κ3) is 2.86.